The van der Waals surface area contributed by atoms with Crippen molar-refractivity contribution in [3.8, 4) is 6.07 Å². The highest BCUT2D eigenvalue weighted by atomic mass is 15.0. The van der Waals surface area contributed by atoms with Crippen LogP contribution in [0.4, 0.5) is 5.82 Å². The molecule has 1 heterocycles. The van der Waals surface area contributed by atoms with Gasteiger partial charge in [0, 0.05) is 11.7 Å². The van der Waals surface area contributed by atoms with Gasteiger partial charge in [0.15, 0.2) is 0 Å². The van der Waals surface area contributed by atoms with Crippen LogP contribution in [0.5, 0.6) is 0 Å². The molecule has 1 aromatic heterocycles. The third kappa shape index (κ3) is 2.23. The van der Waals surface area contributed by atoms with Crippen LogP contribution in [0.1, 0.15) is 30.7 Å². The van der Waals surface area contributed by atoms with Crippen LogP contribution in [0, 0.1) is 25.2 Å². The Balaban J connectivity index is 3.20. The van der Waals surface area contributed by atoms with E-state index in [4.69, 9.17) is 5.26 Å². The van der Waals surface area contributed by atoms with E-state index < -0.39 is 0 Å². The van der Waals surface area contributed by atoms with Gasteiger partial charge in [0.1, 0.15) is 11.9 Å². The molecule has 0 saturated carbocycles. The molecule has 1 N–H and O–H groups in total. The molecule has 3 nitrogen and oxygen atoms in total. The van der Waals surface area contributed by atoms with Gasteiger partial charge in [-0.1, -0.05) is 0 Å². The van der Waals surface area contributed by atoms with Crippen molar-refractivity contribution >= 4 is 5.82 Å². The summed E-state index contributed by atoms with van der Waals surface area (Å²) < 4.78 is 0. The summed E-state index contributed by atoms with van der Waals surface area (Å²) in [7, 11) is 0. The molecule has 0 saturated heterocycles. The molecule has 0 aromatic carbocycles. The number of nitriles is 1. The minimum Gasteiger partial charge on any atom is -0.367 e. The van der Waals surface area contributed by atoms with E-state index in [2.05, 4.69) is 16.4 Å². The molecular formula is C11H15N3. The number of anilines is 1. The van der Waals surface area contributed by atoms with Crippen LogP contribution in [0.2, 0.25) is 0 Å². The van der Waals surface area contributed by atoms with Crippen LogP contribution >= 0.6 is 0 Å². The molecule has 0 aliphatic heterocycles. The first-order chi connectivity index (χ1) is 6.54. The molecule has 0 amide bonds. The lowest BCUT2D eigenvalue weighted by Gasteiger charge is -2.12. The molecule has 74 valence electrons. The van der Waals surface area contributed by atoms with Gasteiger partial charge in [0.05, 0.1) is 5.56 Å². The molecule has 0 aliphatic rings. The highest BCUT2D eigenvalue weighted by Gasteiger charge is 2.08. The summed E-state index contributed by atoms with van der Waals surface area (Å²) in [6, 6.07) is 4.38. The van der Waals surface area contributed by atoms with E-state index >= 15 is 0 Å². The average molecular weight is 189 g/mol. The zero-order valence-electron chi connectivity index (χ0n) is 9.05. The van der Waals surface area contributed by atoms with E-state index in [1.54, 1.807) is 0 Å². The first-order valence-corrected chi connectivity index (χ1v) is 4.69. The van der Waals surface area contributed by atoms with E-state index in [1.165, 1.54) is 0 Å². The van der Waals surface area contributed by atoms with Gasteiger partial charge in [-0.15, -0.1) is 0 Å². The van der Waals surface area contributed by atoms with Crippen molar-refractivity contribution < 1.29 is 0 Å². The lowest BCUT2D eigenvalue weighted by Crippen LogP contribution is -2.13. The van der Waals surface area contributed by atoms with Crippen LogP contribution in [0.15, 0.2) is 6.07 Å². The molecule has 0 aliphatic carbocycles. The molecule has 0 spiro atoms. The lowest BCUT2D eigenvalue weighted by molar-refractivity contribution is 0.884. The summed E-state index contributed by atoms with van der Waals surface area (Å²) in [5.74, 6) is 0.694. The number of aromatic nitrogens is 1. The van der Waals surface area contributed by atoms with Gasteiger partial charge in [-0.25, -0.2) is 4.98 Å². The Kier molecular flexibility index (Phi) is 3.08. The third-order valence-corrected chi connectivity index (χ3v) is 1.88. The second-order valence-corrected chi connectivity index (χ2v) is 3.71. The Morgan fingerprint density at radius 1 is 1.43 bits per heavy atom. The Labute approximate surface area is 84.8 Å². The second kappa shape index (κ2) is 4.10. The molecule has 1 rings (SSSR count). The van der Waals surface area contributed by atoms with Gasteiger partial charge in [0.2, 0.25) is 0 Å². The summed E-state index contributed by atoms with van der Waals surface area (Å²) in [6.07, 6.45) is 0. The Morgan fingerprint density at radius 3 is 2.57 bits per heavy atom. The monoisotopic (exact) mass is 189 g/mol. The third-order valence-electron chi connectivity index (χ3n) is 1.88. The molecular weight excluding hydrogens is 174 g/mol. The SMILES string of the molecule is Cc1cc(C)c(C#N)c(NC(C)C)n1. The summed E-state index contributed by atoms with van der Waals surface area (Å²) in [5.41, 5.74) is 2.55. The van der Waals surface area contributed by atoms with Crippen LogP contribution in [0.3, 0.4) is 0 Å². The first kappa shape index (κ1) is 10.5. The number of nitrogens with one attached hydrogen (secondary N) is 1. The van der Waals surface area contributed by atoms with Crippen molar-refractivity contribution in [3.05, 3.63) is 22.9 Å². The Morgan fingerprint density at radius 2 is 2.07 bits per heavy atom. The number of hydrogen-bond donors (Lipinski definition) is 1. The largest absolute Gasteiger partial charge is 0.367 e. The second-order valence-electron chi connectivity index (χ2n) is 3.71. The summed E-state index contributed by atoms with van der Waals surface area (Å²) in [6.45, 7) is 7.92. The van der Waals surface area contributed by atoms with Gasteiger partial charge in [-0.3, -0.25) is 0 Å². The maximum Gasteiger partial charge on any atom is 0.144 e. The zero-order chi connectivity index (χ0) is 10.7. The standard InChI is InChI=1S/C11H15N3/c1-7(2)13-11-10(6-12)8(3)5-9(4)14-11/h5,7H,1-4H3,(H,13,14). The average Bonchev–Trinajstić information content (AvgIpc) is 2.01. The van der Waals surface area contributed by atoms with Gasteiger partial charge in [-0.05, 0) is 39.3 Å². The van der Waals surface area contributed by atoms with E-state index in [1.807, 2.05) is 33.8 Å². The fourth-order valence-electron chi connectivity index (χ4n) is 1.36. The quantitative estimate of drug-likeness (QED) is 0.777. The highest BCUT2D eigenvalue weighted by Crippen LogP contribution is 2.17. The Hall–Kier alpha value is -1.56. The lowest BCUT2D eigenvalue weighted by atomic mass is 10.1. The smallest absolute Gasteiger partial charge is 0.144 e. The normalized spacial score (nSPS) is 10.0. The molecule has 0 unspecified atom stereocenters. The predicted octanol–water partition coefficient (Wildman–Crippen LogP) is 2.39. The van der Waals surface area contributed by atoms with Gasteiger partial charge >= 0.3 is 0 Å². The van der Waals surface area contributed by atoms with E-state index in [-0.39, 0.29) is 6.04 Å². The van der Waals surface area contributed by atoms with Crippen molar-refractivity contribution in [3.63, 3.8) is 0 Å². The van der Waals surface area contributed by atoms with Crippen LogP contribution in [-0.2, 0) is 0 Å². The maximum absolute atomic E-state index is 8.97. The number of pyridine rings is 1. The number of nitrogens with zero attached hydrogens (tertiary/aromatic N) is 2. The Bertz CT molecular complexity index is 375. The van der Waals surface area contributed by atoms with E-state index in [0.29, 0.717) is 11.4 Å². The highest BCUT2D eigenvalue weighted by molar-refractivity contribution is 5.56. The molecule has 0 atom stereocenters. The van der Waals surface area contributed by atoms with Crippen molar-refractivity contribution in [1.29, 1.82) is 5.26 Å². The fraction of sp³-hybridized carbons (Fsp3) is 0.455. The number of rotatable bonds is 2. The molecule has 3 heteroatoms. The number of hydrogen-bond acceptors (Lipinski definition) is 3. The summed E-state index contributed by atoms with van der Waals surface area (Å²) >= 11 is 0. The van der Waals surface area contributed by atoms with Crippen LogP contribution in [-0.4, -0.2) is 11.0 Å². The van der Waals surface area contributed by atoms with Crippen molar-refractivity contribution in [2.45, 2.75) is 33.7 Å². The van der Waals surface area contributed by atoms with Gasteiger partial charge in [-0.2, -0.15) is 5.26 Å². The van der Waals surface area contributed by atoms with Gasteiger partial charge in [0.25, 0.3) is 0 Å². The first-order valence-electron chi connectivity index (χ1n) is 4.69. The maximum atomic E-state index is 8.97. The van der Waals surface area contributed by atoms with Gasteiger partial charge < -0.3 is 5.32 Å². The zero-order valence-corrected chi connectivity index (χ0v) is 9.05. The molecule has 14 heavy (non-hydrogen) atoms. The topological polar surface area (TPSA) is 48.7 Å². The fourth-order valence-corrected chi connectivity index (χ4v) is 1.36. The molecule has 0 fully saturated rings. The van der Waals surface area contributed by atoms with Crippen LogP contribution in [0.25, 0.3) is 0 Å². The van der Waals surface area contributed by atoms with Crippen LogP contribution < -0.4 is 5.32 Å². The van der Waals surface area contributed by atoms with E-state index in [9.17, 15) is 0 Å². The van der Waals surface area contributed by atoms with Crippen molar-refractivity contribution in [2.75, 3.05) is 5.32 Å². The molecule has 1 aromatic rings. The number of aryl methyl sites for hydroxylation is 2. The van der Waals surface area contributed by atoms with E-state index in [0.717, 1.165) is 11.3 Å². The minimum absolute atomic E-state index is 0.288. The summed E-state index contributed by atoms with van der Waals surface area (Å²) in [4.78, 5) is 4.31. The molecule has 0 radical (unpaired) electrons. The minimum atomic E-state index is 0.288. The predicted molar refractivity (Wildman–Crippen MR) is 57.2 cm³/mol. The summed E-state index contributed by atoms with van der Waals surface area (Å²) in [5, 5.41) is 12.1. The van der Waals surface area contributed by atoms with Crippen molar-refractivity contribution in [2.24, 2.45) is 0 Å². The molecule has 0 bridgehead atoms. The van der Waals surface area contributed by atoms with Crippen molar-refractivity contribution in [1.82, 2.24) is 4.98 Å².